The smallest absolute Gasteiger partial charge is 0.277 e. The van der Waals surface area contributed by atoms with Crippen LogP contribution >= 0.6 is 11.3 Å². The van der Waals surface area contributed by atoms with Crippen LogP contribution in [0.3, 0.4) is 0 Å². The van der Waals surface area contributed by atoms with Gasteiger partial charge in [-0.1, -0.05) is 23.5 Å². The summed E-state index contributed by atoms with van der Waals surface area (Å²) in [6.45, 7) is 1.53. The second-order valence-electron chi connectivity index (χ2n) is 4.59. The molecule has 1 fully saturated rings. The van der Waals surface area contributed by atoms with Crippen LogP contribution in [0.5, 0.6) is 0 Å². The molecule has 0 bridgehead atoms. The molecule has 3 rings (SSSR count). The van der Waals surface area contributed by atoms with Crippen LogP contribution in [0.1, 0.15) is 6.92 Å². The molecule has 4 amide bonds. The topological polar surface area (TPSA) is 113 Å². The second-order valence-corrected chi connectivity index (χ2v) is 5.62. The number of amides is 4. The molecule has 1 aromatic carbocycles. The Morgan fingerprint density at radius 3 is 2.59 bits per heavy atom. The van der Waals surface area contributed by atoms with E-state index in [9.17, 15) is 14.4 Å². The van der Waals surface area contributed by atoms with E-state index in [0.29, 0.717) is 5.13 Å². The van der Waals surface area contributed by atoms with E-state index in [1.54, 1.807) is 0 Å². The van der Waals surface area contributed by atoms with E-state index in [-0.39, 0.29) is 5.71 Å². The number of benzene rings is 1. The number of imide groups is 2. The lowest BCUT2D eigenvalue weighted by atomic mass is 10.0. The van der Waals surface area contributed by atoms with E-state index in [4.69, 9.17) is 0 Å². The summed E-state index contributed by atoms with van der Waals surface area (Å²) in [5.74, 6) is -2.53. The van der Waals surface area contributed by atoms with Crippen molar-refractivity contribution in [1.29, 1.82) is 0 Å². The van der Waals surface area contributed by atoms with Crippen LogP contribution in [0.2, 0.25) is 0 Å². The van der Waals surface area contributed by atoms with Gasteiger partial charge in [-0.2, -0.15) is 5.10 Å². The number of hydrogen-bond acceptors (Lipinski definition) is 7. The van der Waals surface area contributed by atoms with E-state index in [1.165, 1.54) is 18.3 Å². The number of carbonyl (C=O) groups is 3. The Morgan fingerprint density at radius 1 is 1.23 bits per heavy atom. The summed E-state index contributed by atoms with van der Waals surface area (Å²) >= 11 is 1.40. The third kappa shape index (κ3) is 2.66. The molecular weight excluding hydrogens is 306 g/mol. The lowest BCUT2D eigenvalue weighted by molar-refractivity contribution is -0.132. The number of hydrazone groups is 1. The average molecular weight is 317 g/mol. The normalized spacial score (nSPS) is 16.6. The summed E-state index contributed by atoms with van der Waals surface area (Å²) in [6.07, 6.45) is 0. The molecule has 1 aliphatic rings. The number of thiazole rings is 1. The minimum atomic E-state index is -1.14. The Hall–Kier alpha value is -2.81. The van der Waals surface area contributed by atoms with Crippen molar-refractivity contribution in [1.82, 2.24) is 15.6 Å². The van der Waals surface area contributed by atoms with Crippen LogP contribution in [0.15, 0.2) is 29.4 Å². The fraction of sp³-hybridized carbons (Fsp3) is 0.154. The zero-order chi connectivity index (χ0) is 15.7. The van der Waals surface area contributed by atoms with Gasteiger partial charge in [-0.3, -0.25) is 25.6 Å². The van der Waals surface area contributed by atoms with E-state index in [2.05, 4.69) is 15.5 Å². The maximum absolute atomic E-state index is 11.7. The van der Waals surface area contributed by atoms with E-state index < -0.39 is 23.8 Å². The number of aromatic nitrogens is 1. The van der Waals surface area contributed by atoms with Crippen LogP contribution in [0.4, 0.5) is 9.93 Å². The van der Waals surface area contributed by atoms with E-state index in [0.717, 1.165) is 10.2 Å². The first kappa shape index (κ1) is 14.1. The van der Waals surface area contributed by atoms with Gasteiger partial charge in [-0.25, -0.2) is 9.78 Å². The van der Waals surface area contributed by atoms with Gasteiger partial charge < -0.3 is 0 Å². The molecule has 2 heterocycles. The molecule has 0 aliphatic carbocycles. The zero-order valence-electron chi connectivity index (χ0n) is 11.4. The van der Waals surface area contributed by atoms with E-state index >= 15 is 0 Å². The third-order valence-corrected chi connectivity index (χ3v) is 3.98. The first-order chi connectivity index (χ1) is 10.5. The molecule has 0 radical (unpaired) electrons. The monoisotopic (exact) mass is 317 g/mol. The fourth-order valence-corrected chi connectivity index (χ4v) is 2.83. The zero-order valence-corrected chi connectivity index (χ0v) is 12.2. The second kappa shape index (κ2) is 5.53. The average Bonchev–Trinajstić information content (AvgIpc) is 2.86. The fourth-order valence-electron chi connectivity index (χ4n) is 2.02. The van der Waals surface area contributed by atoms with Gasteiger partial charge in [-0.05, 0) is 19.1 Å². The first-order valence-electron chi connectivity index (χ1n) is 6.36. The Kier molecular flexibility index (Phi) is 3.55. The number of nitrogens with zero attached hydrogens (tertiary/aromatic N) is 2. The molecule has 3 N–H and O–H groups in total. The maximum Gasteiger partial charge on any atom is 0.328 e. The summed E-state index contributed by atoms with van der Waals surface area (Å²) in [4.78, 5) is 38.7. The van der Waals surface area contributed by atoms with Crippen LogP contribution in [-0.4, -0.2) is 28.5 Å². The Bertz CT molecular complexity index is 760. The van der Waals surface area contributed by atoms with Crippen molar-refractivity contribution < 1.29 is 14.4 Å². The molecular formula is C13H11N5O3S. The molecule has 112 valence electrons. The van der Waals surface area contributed by atoms with E-state index in [1.807, 2.05) is 34.9 Å². The van der Waals surface area contributed by atoms with Gasteiger partial charge in [0.1, 0.15) is 0 Å². The highest BCUT2D eigenvalue weighted by Crippen LogP contribution is 2.25. The molecule has 1 aromatic heterocycles. The molecule has 1 aliphatic heterocycles. The molecule has 9 heteroatoms. The molecule has 0 saturated carbocycles. The highest BCUT2D eigenvalue weighted by molar-refractivity contribution is 7.22. The molecule has 0 atom stereocenters. The van der Waals surface area contributed by atoms with Gasteiger partial charge >= 0.3 is 6.03 Å². The Morgan fingerprint density at radius 2 is 1.91 bits per heavy atom. The van der Waals surface area contributed by atoms with Crippen LogP contribution in [0, 0.1) is 5.92 Å². The number of hydrogen-bond donors (Lipinski definition) is 3. The lowest BCUT2D eigenvalue weighted by Gasteiger charge is -2.20. The number of anilines is 1. The number of fused-ring (bicyclic) bond motifs is 1. The third-order valence-electron chi connectivity index (χ3n) is 3.04. The summed E-state index contributed by atoms with van der Waals surface area (Å²) < 4.78 is 0.997. The number of urea groups is 1. The van der Waals surface area contributed by atoms with Gasteiger partial charge in [0.2, 0.25) is 16.9 Å². The predicted octanol–water partition coefficient (Wildman–Crippen LogP) is 1.07. The summed E-state index contributed by atoms with van der Waals surface area (Å²) in [5, 5.41) is 8.63. The molecule has 1 saturated heterocycles. The first-order valence-corrected chi connectivity index (χ1v) is 7.17. The molecule has 8 nitrogen and oxygen atoms in total. The van der Waals surface area contributed by atoms with Gasteiger partial charge in [0, 0.05) is 0 Å². The quantitative estimate of drug-likeness (QED) is 0.445. The highest BCUT2D eigenvalue weighted by Gasteiger charge is 2.36. The SMILES string of the molecule is C/C(=N\Nc1nc2ccccc2s1)C1C(=O)NC(=O)NC1=O. The minimum absolute atomic E-state index is 0.238. The number of rotatable bonds is 3. The van der Waals surface area contributed by atoms with Crippen molar-refractivity contribution in [2.45, 2.75) is 6.92 Å². The van der Waals surface area contributed by atoms with Crippen LogP contribution < -0.4 is 16.1 Å². The Balaban J connectivity index is 1.78. The Labute approximate surface area is 128 Å². The largest absolute Gasteiger partial charge is 0.328 e. The number of para-hydroxylation sites is 1. The van der Waals surface area contributed by atoms with Crippen LogP contribution in [0.25, 0.3) is 10.2 Å². The van der Waals surface area contributed by atoms with Gasteiger partial charge in [-0.15, -0.1) is 0 Å². The van der Waals surface area contributed by atoms with Crippen molar-refractivity contribution in [2.75, 3.05) is 5.43 Å². The summed E-state index contributed by atoms with van der Waals surface area (Å²) in [7, 11) is 0. The van der Waals surface area contributed by atoms with Gasteiger partial charge in [0.15, 0.2) is 5.92 Å². The van der Waals surface area contributed by atoms with Crippen molar-refractivity contribution in [2.24, 2.45) is 11.0 Å². The van der Waals surface area contributed by atoms with Gasteiger partial charge in [0.05, 0.1) is 15.9 Å². The van der Waals surface area contributed by atoms with Crippen molar-refractivity contribution in [3.63, 3.8) is 0 Å². The molecule has 0 spiro atoms. The van der Waals surface area contributed by atoms with Crippen molar-refractivity contribution >= 4 is 50.2 Å². The summed E-state index contributed by atoms with van der Waals surface area (Å²) in [6, 6.07) is 6.78. The molecule has 0 unspecified atom stereocenters. The summed E-state index contributed by atoms with van der Waals surface area (Å²) in [5.41, 5.74) is 3.81. The van der Waals surface area contributed by atoms with Crippen molar-refractivity contribution in [3.8, 4) is 0 Å². The lowest BCUT2D eigenvalue weighted by Crippen LogP contribution is -2.57. The molecule has 22 heavy (non-hydrogen) atoms. The van der Waals surface area contributed by atoms with Crippen molar-refractivity contribution in [3.05, 3.63) is 24.3 Å². The maximum atomic E-state index is 11.7. The number of barbiturate groups is 1. The predicted molar refractivity (Wildman–Crippen MR) is 81.5 cm³/mol. The number of nitrogens with one attached hydrogen (secondary N) is 3. The van der Waals surface area contributed by atoms with Gasteiger partial charge in [0.25, 0.3) is 0 Å². The highest BCUT2D eigenvalue weighted by atomic mass is 32.1. The van der Waals surface area contributed by atoms with Crippen LogP contribution in [-0.2, 0) is 9.59 Å². The standard InChI is InChI=1S/C13H11N5O3S/c1-6(9-10(19)15-12(21)16-11(9)20)17-18-13-14-7-4-2-3-5-8(7)22-13/h2-5,9H,1H3,(H,14,18)(H2,15,16,19,20,21)/b17-6+. The number of carbonyl (C=O) groups excluding carboxylic acids is 3. The minimum Gasteiger partial charge on any atom is -0.277 e. The molecule has 2 aromatic rings.